The number of phenols is 1. The molecule has 3 rings (SSSR count). The van der Waals surface area contributed by atoms with Crippen LogP contribution in [0, 0.1) is 5.82 Å². The van der Waals surface area contributed by atoms with Crippen molar-refractivity contribution >= 4 is 23.2 Å². The van der Waals surface area contributed by atoms with Crippen LogP contribution in [0.2, 0.25) is 0 Å². The summed E-state index contributed by atoms with van der Waals surface area (Å²) in [7, 11) is 0. The Hall–Kier alpha value is -2.89. The van der Waals surface area contributed by atoms with Crippen LogP contribution in [0.15, 0.2) is 48.5 Å². The van der Waals surface area contributed by atoms with E-state index in [2.05, 4.69) is 5.32 Å². The number of carbonyl (C=O) groups is 2. The molecule has 1 atom stereocenters. The van der Waals surface area contributed by atoms with E-state index in [1.165, 1.54) is 30.3 Å². The van der Waals surface area contributed by atoms with Crippen molar-refractivity contribution in [3.63, 3.8) is 0 Å². The van der Waals surface area contributed by atoms with Crippen molar-refractivity contribution in [2.24, 2.45) is 0 Å². The number of benzene rings is 2. The lowest BCUT2D eigenvalue weighted by molar-refractivity contribution is -0.121. The van der Waals surface area contributed by atoms with Crippen molar-refractivity contribution in [1.29, 1.82) is 0 Å². The second-order valence-electron chi connectivity index (χ2n) is 4.97. The van der Waals surface area contributed by atoms with Crippen LogP contribution < -0.4 is 10.2 Å². The molecule has 6 heteroatoms. The zero-order valence-corrected chi connectivity index (χ0v) is 11.5. The molecule has 5 nitrogen and oxygen atoms in total. The fourth-order valence-electron chi connectivity index (χ4n) is 2.39. The molecule has 2 aromatic carbocycles. The zero-order valence-electron chi connectivity index (χ0n) is 11.5. The highest BCUT2D eigenvalue weighted by molar-refractivity contribution is 6.23. The third-order valence-electron chi connectivity index (χ3n) is 3.45. The van der Waals surface area contributed by atoms with Crippen LogP contribution >= 0.6 is 0 Å². The average Bonchev–Trinajstić information content (AvgIpc) is 2.77. The van der Waals surface area contributed by atoms with E-state index in [0.29, 0.717) is 5.69 Å². The summed E-state index contributed by atoms with van der Waals surface area (Å²) < 4.78 is 13.8. The van der Waals surface area contributed by atoms with Crippen molar-refractivity contribution in [3.8, 4) is 5.75 Å². The number of halogens is 1. The van der Waals surface area contributed by atoms with Gasteiger partial charge in [-0.25, -0.2) is 9.29 Å². The molecule has 2 amide bonds. The zero-order chi connectivity index (χ0) is 15.7. The predicted octanol–water partition coefficient (Wildman–Crippen LogP) is 2.28. The van der Waals surface area contributed by atoms with Crippen molar-refractivity contribution in [2.45, 2.75) is 12.5 Å². The van der Waals surface area contributed by atoms with E-state index in [4.69, 9.17) is 0 Å². The van der Waals surface area contributed by atoms with Gasteiger partial charge < -0.3 is 10.4 Å². The maximum Gasteiger partial charge on any atom is 0.256 e. The fourth-order valence-corrected chi connectivity index (χ4v) is 2.39. The lowest BCUT2D eigenvalue weighted by Crippen LogP contribution is -2.35. The normalized spacial score (nSPS) is 17.9. The molecule has 112 valence electrons. The second-order valence-corrected chi connectivity index (χ2v) is 4.97. The second kappa shape index (κ2) is 5.48. The first-order valence-electron chi connectivity index (χ1n) is 6.73. The molecule has 0 saturated carbocycles. The number of rotatable bonds is 3. The Kier molecular flexibility index (Phi) is 3.50. The number of nitrogens with one attached hydrogen (secondary N) is 1. The number of nitrogens with zero attached hydrogens (tertiary/aromatic N) is 1. The van der Waals surface area contributed by atoms with Crippen molar-refractivity contribution in [1.82, 2.24) is 0 Å². The van der Waals surface area contributed by atoms with Gasteiger partial charge >= 0.3 is 0 Å². The van der Waals surface area contributed by atoms with E-state index < -0.39 is 23.7 Å². The SMILES string of the molecule is O=C1CC(Nc2ccc(O)cc2)C(=O)N1c1ccccc1F. The smallest absolute Gasteiger partial charge is 0.256 e. The first-order valence-corrected chi connectivity index (χ1v) is 6.73. The number of aromatic hydroxyl groups is 1. The molecular weight excluding hydrogens is 287 g/mol. The van der Waals surface area contributed by atoms with Crippen LogP contribution in [-0.2, 0) is 9.59 Å². The largest absolute Gasteiger partial charge is 0.508 e. The molecule has 1 fully saturated rings. The molecule has 1 heterocycles. The minimum atomic E-state index is -0.753. The number of hydrogen-bond acceptors (Lipinski definition) is 4. The molecule has 2 aromatic rings. The van der Waals surface area contributed by atoms with Gasteiger partial charge in [0.1, 0.15) is 17.6 Å². The lowest BCUT2D eigenvalue weighted by atomic mass is 10.2. The monoisotopic (exact) mass is 300 g/mol. The maximum absolute atomic E-state index is 13.8. The van der Waals surface area contributed by atoms with Crippen LogP contribution in [0.25, 0.3) is 0 Å². The standard InChI is InChI=1S/C16H13FN2O3/c17-12-3-1-2-4-14(12)19-15(21)9-13(16(19)22)18-10-5-7-11(20)8-6-10/h1-8,13,18,20H,9H2. The molecule has 1 aliphatic heterocycles. The van der Waals surface area contributed by atoms with Gasteiger partial charge in [-0.2, -0.15) is 0 Å². The van der Waals surface area contributed by atoms with Gasteiger partial charge in [-0.05, 0) is 36.4 Å². The molecule has 0 radical (unpaired) electrons. The summed E-state index contributed by atoms with van der Waals surface area (Å²) in [4.78, 5) is 25.3. The predicted molar refractivity (Wildman–Crippen MR) is 79.0 cm³/mol. The van der Waals surface area contributed by atoms with E-state index in [1.807, 2.05) is 0 Å². The van der Waals surface area contributed by atoms with Crippen molar-refractivity contribution < 1.29 is 19.1 Å². The van der Waals surface area contributed by atoms with Gasteiger partial charge in [0.2, 0.25) is 5.91 Å². The number of carbonyl (C=O) groups excluding carboxylic acids is 2. The van der Waals surface area contributed by atoms with Gasteiger partial charge in [-0.1, -0.05) is 12.1 Å². The molecule has 0 aromatic heterocycles. The number of para-hydroxylation sites is 1. The molecule has 0 aliphatic carbocycles. The number of anilines is 2. The van der Waals surface area contributed by atoms with Crippen LogP contribution in [-0.4, -0.2) is 23.0 Å². The van der Waals surface area contributed by atoms with E-state index in [0.717, 1.165) is 4.90 Å². The molecule has 2 N–H and O–H groups in total. The van der Waals surface area contributed by atoms with Gasteiger partial charge in [0.05, 0.1) is 12.1 Å². The Labute approximate surface area is 126 Å². The Balaban J connectivity index is 1.82. The summed E-state index contributed by atoms with van der Waals surface area (Å²) in [5.74, 6) is -1.46. The fraction of sp³-hybridized carbons (Fsp3) is 0.125. The summed E-state index contributed by atoms with van der Waals surface area (Å²) in [6.45, 7) is 0. The average molecular weight is 300 g/mol. The minimum absolute atomic E-state index is 0.0347. The van der Waals surface area contributed by atoms with Crippen LogP contribution in [0.5, 0.6) is 5.75 Å². The first-order chi connectivity index (χ1) is 10.6. The van der Waals surface area contributed by atoms with Crippen molar-refractivity contribution in [2.75, 3.05) is 10.2 Å². The molecule has 1 aliphatic rings. The summed E-state index contributed by atoms with van der Waals surface area (Å²) in [6.07, 6.45) is -0.0476. The van der Waals surface area contributed by atoms with E-state index in [9.17, 15) is 19.1 Å². The third-order valence-corrected chi connectivity index (χ3v) is 3.45. The van der Waals surface area contributed by atoms with Crippen LogP contribution in [0.4, 0.5) is 15.8 Å². The Morgan fingerprint density at radius 1 is 1.09 bits per heavy atom. The molecular formula is C16H13FN2O3. The highest BCUT2D eigenvalue weighted by Gasteiger charge is 2.40. The quantitative estimate of drug-likeness (QED) is 0.674. The first kappa shape index (κ1) is 14.1. The van der Waals surface area contributed by atoms with Gasteiger partial charge in [-0.15, -0.1) is 0 Å². The van der Waals surface area contributed by atoms with Crippen LogP contribution in [0.1, 0.15) is 6.42 Å². The molecule has 1 unspecified atom stereocenters. The summed E-state index contributed by atoms with van der Waals surface area (Å²) in [5, 5.41) is 12.2. The van der Waals surface area contributed by atoms with Gasteiger partial charge in [0, 0.05) is 5.69 Å². The lowest BCUT2D eigenvalue weighted by Gasteiger charge is -2.16. The number of hydrogen-bond donors (Lipinski definition) is 2. The molecule has 0 bridgehead atoms. The summed E-state index contributed by atoms with van der Waals surface area (Å²) in [6, 6.07) is 11.0. The molecule has 22 heavy (non-hydrogen) atoms. The highest BCUT2D eigenvalue weighted by atomic mass is 19.1. The Bertz CT molecular complexity index is 730. The van der Waals surface area contributed by atoms with E-state index >= 15 is 0 Å². The number of phenolic OH excluding ortho intramolecular Hbond substituents is 1. The van der Waals surface area contributed by atoms with Crippen molar-refractivity contribution in [3.05, 3.63) is 54.3 Å². The Morgan fingerprint density at radius 2 is 1.77 bits per heavy atom. The maximum atomic E-state index is 13.8. The number of imide groups is 1. The van der Waals surface area contributed by atoms with Gasteiger partial charge in [0.15, 0.2) is 0 Å². The third kappa shape index (κ3) is 2.50. The Morgan fingerprint density at radius 3 is 2.45 bits per heavy atom. The van der Waals surface area contributed by atoms with E-state index in [-0.39, 0.29) is 17.9 Å². The molecule has 0 spiro atoms. The minimum Gasteiger partial charge on any atom is -0.508 e. The van der Waals surface area contributed by atoms with Gasteiger partial charge in [0.25, 0.3) is 5.91 Å². The van der Waals surface area contributed by atoms with E-state index in [1.54, 1.807) is 18.2 Å². The summed E-state index contributed by atoms with van der Waals surface area (Å²) in [5.41, 5.74) is 0.562. The number of amides is 2. The van der Waals surface area contributed by atoms with Crippen LogP contribution in [0.3, 0.4) is 0 Å². The topological polar surface area (TPSA) is 69.6 Å². The molecule has 1 saturated heterocycles. The van der Waals surface area contributed by atoms with Gasteiger partial charge in [-0.3, -0.25) is 9.59 Å². The highest BCUT2D eigenvalue weighted by Crippen LogP contribution is 2.27. The summed E-state index contributed by atoms with van der Waals surface area (Å²) >= 11 is 0.